The molecule has 0 aliphatic carbocycles. The van der Waals surface area contributed by atoms with Crippen LogP contribution in [0.15, 0.2) is 0 Å². The maximum Gasteiger partial charge on any atom is 0.251 e. The Balaban J connectivity index is 1.89. The Bertz CT molecular complexity index is 247. The largest absolute Gasteiger partial charge is 0.365 e. The molecule has 3 unspecified atom stereocenters. The molecule has 86 valence electrons. The number of carbonyl (C=O) groups is 1. The van der Waals surface area contributed by atoms with Gasteiger partial charge in [-0.2, -0.15) is 0 Å². The molecule has 15 heavy (non-hydrogen) atoms. The van der Waals surface area contributed by atoms with E-state index in [1.54, 1.807) is 0 Å². The molecule has 2 aliphatic rings. The molecule has 0 aromatic heterocycles. The molecule has 0 aromatic carbocycles. The lowest BCUT2D eigenvalue weighted by Gasteiger charge is -2.31. The molecule has 2 fully saturated rings. The molecule has 0 bridgehead atoms. The highest BCUT2D eigenvalue weighted by Crippen LogP contribution is 2.23. The van der Waals surface area contributed by atoms with Crippen LogP contribution in [0.25, 0.3) is 0 Å². The number of piperidine rings is 1. The number of carbonyl (C=O) groups excluding carboxylic acids is 1. The molecule has 3 atom stereocenters. The molecule has 4 heteroatoms. The Hall–Kier alpha value is -0.280. The number of amides is 1. The van der Waals surface area contributed by atoms with Gasteiger partial charge in [0.05, 0.1) is 11.5 Å². The van der Waals surface area contributed by atoms with E-state index in [4.69, 9.17) is 16.3 Å². The Morgan fingerprint density at radius 3 is 2.80 bits per heavy atom. The number of nitrogens with zero attached hydrogens (tertiary/aromatic N) is 1. The van der Waals surface area contributed by atoms with Crippen LogP contribution in [0.2, 0.25) is 0 Å². The molecule has 1 amide bonds. The van der Waals surface area contributed by atoms with Crippen LogP contribution in [-0.4, -0.2) is 41.5 Å². The maximum absolute atomic E-state index is 12.0. The van der Waals surface area contributed by atoms with Crippen molar-refractivity contribution in [3.05, 3.63) is 0 Å². The molecular weight excluding hydrogens is 214 g/mol. The van der Waals surface area contributed by atoms with Gasteiger partial charge in [0.25, 0.3) is 5.91 Å². The van der Waals surface area contributed by atoms with E-state index in [1.807, 2.05) is 11.8 Å². The van der Waals surface area contributed by atoms with E-state index in [1.165, 1.54) is 0 Å². The third-order valence-electron chi connectivity index (χ3n) is 3.18. The zero-order valence-corrected chi connectivity index (χ0v) is 9.87. The van der Waals surface area contributed by atoms with Crippen LogP contribution in [0.3, 0.4) is 0 Å². The summed E-state index contributed by atoms with van der Waals surface area (Å²) < 4.78 is 5.58. The van der Waals surface area contributed by atoms with Crippen molar-refractivity contribution in [1.82, 2.24) is 4.90 Å². The number of rotatable bonds is 1. The Kier molecular flexibility index (Phi) is 3.52. The van der Waals surface area contributed by atoms with Gasteiger partial charge in [-0.3, -0.25) is 4.79 Å². The van der Waals surface area contributed by atoms with Gasteiger partial charge >= 0.3 is 0 Å². The van der Waals surface area contributed by atoms with Gasteiger partial charge in [-0.25, -0.2) is 0 Å². The van der Waals surface area contributed by atoms with Gasteiger partial charge in [-0.05, 0) is 32.6 Å². The zero-order chi connectivity index (χ0) is 10.8. The quantitative estimate of drug-likeness (QED) is 0.644. The molecule has 0 aromatic rings. The smallest absolute Gasteiger partial charge is 0.251 e. The normalized spacial score (nSPS) is 36.9. The van der Waals surface area contributed by atoms with Crippen molar-refractivity contribution in [2.75, 3.05) is 13.1 Å². The molecule has 2 aliphatic heterocycles. The molecule has 0 spiro atoms. The third-order valence-corrected chi connectivity index (χ3v) is 3.54. The highest BCUT2D eigenvalue weighted by Gasteiger charge is 2.33. The van der Waals surface area contributed by atoms with Gasteiger partial charge in [0.15, 0.2) is 0 Å². The van der Waals surface area contributed by atoms with Crippen LogP contribution in [0, 0.1) is 0 Å². The van der Waals surface area contributed by atoms with Crippen LogP contribution >= 0.6 is 11.6 Å². The summed E-state index contributed by atoms with van der Waals surface area (Å²) in [5, 5.41) is 0.126. The standard InChI is InChI=1S/C11H18ClNO2/c1-8-4-5-10(15-8)11(14)13-6-2-3-9(12)7-13/h8-10H,2-7H2,1H3. The number of likely N-dealkylation sites (tertiary alicyclic amines) is 1. The van der Waals surface area contributed by atoms with Gasteiger partial charge in [-0.1, -0.05) is 0 Å². The van der Waals surface area contributed by atoms with Crippen LogP contribution in [0.5, 0.6) is 0 Å². The lowest BCUT2D eigenvalue weighted by atomic mass is 10.1. The summed E-state index contributed by atoms with van der Waals surface area (Å²) in [5.74, 6) is 0.143. The van der Waals surface area contributed by atoms with Crippen LogP contribution in [0.1, 0.15) is 32.6 Å². The molecule has 0 saturated carbocycles. The highest BCUT2D eigenvalue weighted by molar-refractivity contribution is 6.20. The van der Waals surface area contributed by atoms with Crippen LogP contribution in [-0.2, 0) is 9.53 Å². The van der Waals surface area contributed by atoms with E-state index in [2.05, 4.69) is 0 Å². The average Bonchev–Trinajstić information content (AvgIpc) is 2.64. The maximum atomic E-state index is 12.0. The molecule has 2 heterocycles. The molecule has 3 nitrogen and oxygen atoms in total. The van der Waals surface area contributed by atoms with E-state index in [0.717, 1.165) is 32.2 Å². The topological polar surface area (TPSA) is 29.5 Å². The summed E-state index contributed by atoms with van der Waals surface area (Å²) in [6.45, 7) is 3.55. The minimum absolute atomic E-state index is 0.126. The Morgan fingerprint density at radius 2 is 2.20 bits per heavy atom. The second-order valence-electron chi connectivity index (χ2n) is 4.54. The Labute approximate surface area is 95.7 Å². The fourth-order valence-electron chi connectivity index (χ4n) is 2.31. The first kappa shape index (κ1) is 11.2. The zero-order valence-electron chi connectivity index (χ0n) is 9.12. The number of hydrogen-bond donors (Lipinski definition) is 0. The van der Waals surface area contributed by atoms with Crippen LogP contribution < -0.4 is 0 Å². The van der Waals surface area contributed by atoms with Gasteiger partial charge < -0.3 is 9.64 Å². The fourth-order valence-corrected chi connectivity index (χ4v) is 2.63. The molecule has 0 radical (unpaired) electrons. The summed E-state index contributed by atoms with van der Waals surface area (Å²) in [6, 6.07) is 0. The minimum atomic E-state index is -0.207. The van der Waals surface area contributed by atoms with Crippen molar-refractivity contribution < 1.29 is 9.53 Å². The van der Waals surface area contributed by atoms with Gasteiger partial charge in [-0.15, -0.1) is 11.6 Å². The lowest BCUT2D eigenvalue weighted by Crippen LogP contribution is -2.45. The number of hydrogen-bond acceptors (Lipinski definition) is 2. The summed E-state index contributed by atoms with van der Waals surface area (Å²) in [7, 11) is 0. The van der Waals surface area contributed by atoms with E-state index in [-0.39, 0.29) is 23.5 Å². The third kappa shape index (κ3) is 2.64. The number of ether oxygens (including phenoxy) is 1. The van der Waals surface area contributed by atoms with Crippen molar-refractivity contribution in [2.45, 2.75) is 50.2 Å². The summed E-state index contributed by atoms with van der Waals surface area (Å²) in [4.78, 5) is 13.9. The van der Waals surface area contributed by atoms with Gasteiger partial charge in [0.2, 0.25) is 0 Å². The number of alkyl halides is 1. The molecule has 2 saturated heterocycles. The first-order chi connectivity index (χ1) is 7.16. The second kappa shape index (κ2) is 4.71. The van der Waals surface area contributed by atoms with Gasteiger partial charge in [0, 0.05) is 13.1 Å². The monoisotopic (exact) mass is 231 g/mol. The summed E-state index contributed by atoms with van der Waals surface area (Å²) in [5.41, 5.74) is 0. The van der Waals surface area contributed by atoms with Crippen molar-refractivity contribution in [3.8, 4) is 0 Å². The van der Waals surface area contributed by atoms with E-state index in [0.29, 0.717) is 6.54 Å². The highest BCUT2D eigenvalue weighted by atomic mass is 35.5. The predicted octanol–water partition coefficient (Wildman–Crippen LogP) is 1.78. The summed E-state index contributed by atoms with van der Waals surface area (Å²) >= 11 is 6.06. The second-order valence-corrected chi connectivity index (χ2v) is 5.15. The van der Waals surface area contributed by atoms with E-state index in [9.17, 15) is 4.79 Å². The van der Waals surface area contributed by atoms with E-state index < -0.39 is 0 Å². The SMILES string of the molecule is CC1CCC(C(=O)N2CCCC(Cl)C2)O1. The van der Waals surface area contributed by atoms with Crippen LogP contribution in [0.4, 0.5) is 0 Å². The molecule has 2 rings (SSSR count). The number of halogens is 1. The van der Waals surface area contributed by atoms with Crippen molar-refractivity contribution in [1.29, 1.82) is 0 Å². The van der Waals surface area contributed by atoms with Crippen molar-refractivity contribution in [3.63, 3.8) is 0 Å². The summed E-state index contributed by atoms with van der Waals surface area (Å²) in [6.07, 6.45) is 3.92. The molecular formula is C11H18ClNO2. The van der Waals surface area contributed by atoms with Gasteiger partial charge in [0.1, 0.15) is 6.10 Å². The average molecular weight is 232 g/mol. The van der Waals surface area contributed by atoms with Crippen molar-refractivity contribution >= 4 is 17.5 Å². The van der Waals surface area contributed by atoms with Crippen molar-refractivity contribution in [2.24, 2.45) is 0 Å². The lowest BCUT2D eigenvalue weighted by molar-refractivity contribution is -0.143. The molecule has 0 N–H and O–H groups in total. The first-order valence-electron chi connectivity index (χ1n) is 5.75. The first-order valence-corrected chi connectivity index (χ1v) is 6.19. The fraction of sp³-hybridized carbons (Fsp3) is 0.909. The van der Waals surface area contributed by atoms with E-state index >= 15 is 0 Å². The Morgan fingerprint density at radius 1 is 1.40 bits per heavy atom. The predicted molar refractivity (Wildman–Crippen MR) is 59.0 cm³/mol. The minimum Gasteiger partial charge on any atom is -0.365 e.